The maximum Gasteiger partial charge on any atom is 0.274 e. The molecular weight excluding hydrogens is 479 g/mol. The number of carbonyl (C=O) groups is 4. The molecule has 5 unspecified atom stereocenters. The van der Waals surface area contributed by atoms with Gasteiger partial charge >= 0.3 is 0 Å². The largest absolute Gasteiger partial charge is 0.496 e. The normalized spacial score (nSPS) is 25.7. The molecule has 3 fully saturated rings. The second-order valence-corrected chi connectivity index (χ2v) is 10.3. The second-order valence-electron chi connectivity index (χ2n) is 10.3. The van der Waals surface area contributed by atoms with E-state index < -0.39 is 29.7 Å². The van der Waals surface area contributed by atoms with Gasteiger partial charge in [-0.3, -0.25) is 19.2 Å². The van der Waals surface area contributed by atoms with Gasteiger partial charge in [0.15, 0.2) is 11.6 Å². The van der Waals surface area contributed by atoms with Crippen LogP contribution in [0.1, 0.15) is 55.9 Å². The number of likely N-dealkylation sites (tertiary alicyclic amines) is 1. The number of benzene rings is 1. The Bertz CT molecular complexity index is 1240. The number of ether oxygens (including phenoxy) is 1. The Balaban J connectivity index is 1.42. The highest BCUT2D eigenvalue weighted by molar-refractivity contribution is 6.03. The molecule has 0 spiro atoms. The van der Waals surface area contributed by atoms with Crippen molar-refractivity contribution in [2.45, 2.75) is 57.5 Å². The van der Waals surface area contributed by atoms with E-state index in [1.807, 2.05) is 0 Å². The van der Waals surface area contributed by atoms with Gasteiger partial charge in [0, 0.05) is 25.4 Å². The van der Waals surface area contributed by atoms with Crippen molar-refractivity contribution in [2.24, 2.45) is 17.8 Å². The molecule has 3 heterocycles. The Labute approximate surface area is 214 Å². The molecule has 1 aromatic heterocycles. The van der Waals surface area contributed by atoms with E-state index >= 15 is 4.39 Å². The molecule has 0 bridgehead atoms. The fraction of sp³-hybridized carbons (Fsp3) is 0.556. The van der Waals surface area contributed by atoms with Crippen molar-refractivity contribution < 1.29 is 28.3 Å². The molecule has 5 rings (SSSR count). The van der Waals surface area contributed by atoms with Gasteiger partial charge in [-0.05, 0) is 49.7 Å². The summed E-state index contributed by atoms with van der Waals surface area (Å²) in [6.07, 6.45) is 3.70. The Morgan fingerprint density at radius 2 is 2.05 bits per heavy atom. The topological polar surface area (TPSA) is 121 Å². The van der Waals surface area contributed by atoms with Crippen molar-refractivity contribution in [1.82, 2.24) is 20.5 Å². The summed E-state index contributed by atoms with van der Waals surface area (Å²) in [5, 5.41) is 5.84. The molecule has 3 N–H and O–H groups in total. The third-order valence-electron chi connectivity index (χ3n) is 8.32. The van der Waals surface area contributed by atoms with Crippen molar-refractivity contribution >= 4 is 34.4 Å². The van der Waals surface area contributed by atoms with Crippen LogP contribution in [0, 0.1) is 23.6 Å². The first-order chi connectivity index (χ1) is 17.8. The first-order valence-electron chi connectivity index (χ1n) is 13.1. The second kappa shape index (κ2) is 10.1. The van der Waals surface area contributed by atoms with Gasteiger partial charge in [0.2, 0.25) is 11.8 Å². The highest BCUT2D eigenvalue weighted by atomic mass is 19.1. The number of Topliss-reactive ketones (excluding diaryl/α,β-unsaturated/α-hetero) is 1. The number of nitrogens with zero attached hydrogens (tertiary/aromatic N) is 1. The van der Waals surface area contributed by atoms with Crippen LogP contribution in [0.3, 0.4) is 0 Å². The van der Waals surface area contributed by atoms with E-state index in [1.165, 1.54) is 12.0 Å². The maximum atomic E-state index is 15.5. The number of H-pyrrole nitrogens is 1. The van der Waals surface area contributed by atoms with Crippen molar-refractivity contribution in [2.75, 3.05) is 20.2 Å². The lowest BCUT2D eigenvalue weighted by atomic mass is 9.91. The van der Waals surface area contributed by atoms with Gasteiger partial charge in [-0.15, -0.1) is 0 Å². The third kappa shape index (κ3) is 4.46. The Kier molecular flexibility index (Phi) is 6.92. The van der Waals surface area contributed by atoms with E-state index in [-0.39, 0.29) is 53.4 Å². The molecule has 3 amide bonds. The van der Waals surface area contributed by atoms with Crippen LogP contribution in [-0.2, 0) is 14.4 Å². The number of fused-ring (bicyclic) bond motifs is 2. The summed E-state index contributed by atoms with van der Waals surface area (Å²) in [5.41, 5.74) is 0.227. The highest BCUT2D eigenvalue weighted by Gasteiger charge is 2.50. The van der Waals surface area contributed by atoms with E-state index in [0.717, 1.165) is 19.3 Å². The predicted octanol–water partition coefficient (Wildman–Crippen LogP) is 2.55. The molecule has 2 aliphatic heterocycles. The number of nitrogens with one attached hydrogen (secondary N) is 3. The van der Waals surface area contributed by atoms with Gasteiger partial charge in [0.1, 0.15) is 17.5 Å². The number of aromatic amines is 1. The zero-order valence-corrected chi connectivity index (χ0v) is 21.1. The molecule has 2 aromatic rings. The third-order valence-corrected chi connectivity index (χ3v) is 8.32. The molecular formula is C27H33FN4O5. The molecule has 37 heavy (non-hydrogen) atoms. The minimum atomic E-state index is -0.808. The lowest BCUT2D eigenvalue weighted by molar-refractivity contribution is -0.132. The van der Waals surface area contributed by atoms with E-state index in [9.17, 15) is 19.2 Å². The van der Waals surface area contributed by atoms with Crippen molar-refractivity contribution in [3.8, 4) is 5.75 Å². The molecule has 1 aromatic carbocycles. The molecule has 198 valence electrons. The lowest BCUT2D eigenvalue weighted by Gasteiger charge is -2.29. The summed E-state index contributed by atoms with van der Waals surface area (Å²) < 4.78 is 20.8. The summed E-state index contributed by atoms with van der Waals surface area (Å²) >= 11 is 0. The van der Waals surface area contributed by atoms with Crippen LogP contribution in [-0.4, -0.2) is 65.7 Å². The highest BCUT2D eigenvalue weighted by Crippen LogP contribution is 2.43. The summed E-state index contributed by atoms with van der Waals surface area (Å²) in [6, 6.07) is 3.38. The van der Waals surface area contributed by atoms with Gasteiger partial charge in [-0.2, -0.15) is 0 Å². The van der Waals surface area contributed by atoms with Crippen molar-refractivity contribution in [3.05, 3.63) is 29.7 Å². The number of rotatable bonds is 8. The standard InChI is InChI=1S/C27H33FN4O5/c1-3-19(33)18(12-14-10-11-29-25(14)34)31-26(35)24-16-7-4-6-15(16)13-32(24)27(36)23-22(28)21-17(30-23)8-5-9-20(21)37-2/h5,8-9,14-16,18,24,30H,3-4,6-7,10-13H2,1-2H3,(H,29,34)(H,31,35). The summed E-state index contributed by atoms with van der Waals surface area (Å²) in [7, 11) is 1.44. The minimum Gasteiger partial charge on any atom is -0.496 e. The van der Waals surface area contributed by atoms with Crippen molar-refractivity contribution in [3.63, 3.8) is 0 Å². The summed E-state index contributed by atoms with van der Waals surface area (Å²) in [5.74, 6) is -1.91. The minimum absolute atomic E-state index is 0.0573. The van der Waals surface area contributed by atoms with Gasteiger partial charge in [-0.25, -0.2) is 4.39 Å². The first-order valence-corrected chi connectivity index (χ1v) is 13.1. The number of carbonyl (C=O) groups excluding carboxylic acids is 4. The molecule has 2 saturated heterocycles. The predicted molar refractivity (Wildman–Crippen MR) is 133 cm³/mol. The van der Waals surface area contributed by atoms with Crippen LogP contribution in [0.4, 0.5) is 4.39 Å². The van der Waals surface area contributed by atoms with Gasteiger partial charge in [0.25, 0.3) is 5.91 Å². The lowest BCUT2D eigenvalue weighted by Crippen LogP contribution is -2.53. The summed E-state index contributed by atoms with van der Waals surface area (Å²) in [4.78, 5) is 56.6. The van der Waals surface area contributed by atoms with Crippen LogP contribution in [0.2, 0.25) is 0 Å². The van der Waals surface area contributed by atoms with Crippen LogP contribution < -0.4 is 15.4 Å². The van der Waals surface area contributed by atoms with Gasteiger partial charge < -0.3 is 25.3 Å². The zero-order chi connectivity index (χ0) is 26.3. The van der Waals surface area contributed by atoms with E-state index in [0.29, 0.717) is 30.8 Å². The maximum absolute atomic E-state index is 15.5. The average molecular weight is 513 g/mol. The number of hydrogen-bond acceptors (Lipinski definition) is 5. The Morgan fingerprint density at radius 1 is 1.24 bits per heavy atom. The Morgan fingerprint density at radius 3 is 2.76 bits per heavy atom. The summed E-state index contributed by atoms with van der Waals surface area (Å²) in [6.45, 7) is 2.63. The van der Waals surface area contributed by atoms with Gasteiger partial charge in [-0.1, -0.05) is 19.4 Å². The number of aromatic nitrogens is 1. The van der Waals surface area contributed by atoms with Gasteiger partial charge in [0.05, 0.1) is 24.1 Å². The van der Waals surface area contributed by atoms with E-state index in [1.54, 1.807) is 25.1 Å². The van der Waals surface area contributed by atoms with Crippen LogP contribution in [0.25, 0.3) is 10.9 Å². The number of methoxy groups -OCH3 is 1. The molecule has 1 saturated carbocycles. The fourth-order valence-corrected chi connectivity index (χ4v) is 6.42. The van der Waals surface area contributed by atoms with Crippen LogP contribution >= 0.6 is 0 Å². The quantitative estimate of drug-likeness (QED) is 0.502. The van der Waals surface area contributed by atoms with Crippen LogP contribution in [0.15, 0.2) is 18.2 Å². The molecule has 9 nitrogen and oxygen atoms in total. The Hall–Kier alpha value is -3.43. The molecule has 10 heteroatoms. The number of ketones is 1. The zero-order valence-electron chi connectivity index (χ0n) is 21.1. The monoisotopic (exact) mass is 512 g/mol. The molecule has 0 radical (unpaired) electrons. The molecule has 3 aliphatic rings. The SMILES string of the molecule is CCC(=O)C(CC1CCNC1=O)NC(=O)C1C2CCCC2CN1C(=O)c1[nH]c2cccc(OC)c2c1F. The van der Waals surface area contributed by atoms with Crippen molar-refractivity contribution in [1.29, 1.82) is 0 Å². The number of amides is 3. The molecule has 5 atom stereocenters. The van der Waals surface area contributed by atoms with Crippen LogP contribution in [0.5, 0.6) is 5.75 Å². The molecule has 1 aliphatic carbocycles. The number of hydrogen-bond donors (Lipinski definition) is 3. The van der Waals surface area contributed by atoms with E-state index in [4.69, 9.17) is 4.74 Å². The first kappa shape index (κ1) is 25.2. The number of halogens is 1. The smallest absolute Gasteiger partial charge is 0.274 e. The van der Waals surface area contributed by atoms with E-state index in [2.05, 4.69) is 15.6 Å². The fourth-order valence-electron chi connectivity index (χ4n) is 6.42. The average Bonchev–Trinajstić information content (AvgIpc) is 3.66.